The van der Waals surface area contributed by atoms with E-state index in [1.165, 1.54) is 7.11 Å². The normalized spacial score (nSPS) is 10.0. The van der Waals surface area contributed by atoms with Crippen LogP contribution in [0, 0.1) is 20.8 Å². The number of amides is 1. The second-order valence-corrected chi connectivity index (χ2v) is 4.84. The predicted molar refractivity (Wildman–Crippen MR) is 75.6 cm³/mol. The van der Waals surface area contributed by atoms with Crippen LogP contribution in [0.4, 0.5) is 5.69 Å². The molecule has 5 nitrogen and oxygen atoms in total. The Morgan fingerprint density at radius 3 is 2.11 bits per heavy atom. The zero-order chi connectivity index (χ0) is 14.7. The van der Waals surface area contributed by atoms with Crippen molar-refractivity contribution in [1.29, 1.82) is 0 Å². The fourth-order valence-corrected chi connectivity index (χ4v) is 2.24. The van der Waals surface area contributed by atoms with Gasteiger partial charge in [0, 0.05) is 4.47 Å². The fourth-order valence-electron chi connectivity index (χ4n) is 1.75. The van der Waals surface area contributed by atoms with Gasteiger partial charge in [-0.05, 0) is 37.5 Å². The van der Waals surface area contributed by atoms with Crippen LogP contribution in [0.15, 0.2) is 4.47 Å². The standard InChI is InChI=1S/C13H16BrNO4/c1-6-7(2)11(18-4)10(8(3)9(6)14)15-12(16)13(17)19-5/h1-5H3,(H,15,16). The van der Waals surface area contributed by atoms with E-state index >= 15 is 0 Å². The van der Waals surface area contributed by atoms with E-state index in [-0.39, 0.29) is 0 Å². The summed E-state index contributed by atoms with van der Waals surface area (Å²) in [7, 11) is 2.67. The minimum absolute atomic E-state index is 0.466. The Morgan fingerprint density at radius 1 is 1.05 bits per heavy atom. The Kier molecular flexibility index (Phi) is 4.94. The third-order valence-electron chi connectivity index (χ3n) is 2.98. The fraction of sp³-hybridized carbons (Fsp3) is 0.385. The van der Waals surface area contributed by atoms with Crippen molar-refractivity contribution in [2.24, 2.45) is 0 Å². The van der Waals surface area contributed by atoms with Gasteiger partial charge >= 0.3 is 11.9 Å². The van der Waals surface area contributed by atoms with Crippen molar-refractivity contribution >= 4 is 33.5 Å². The van der Waals surface area contributed by atoms with Crippen LogP contribution in [-0.2, 0) is 14.3 Å². The molecule has 6 heteroatoms. The van der Waals surface area contributed by atoms with E-state index in [2.05, 4.69) is 26.0 Å². The van der Waals surface area contributed by atoms with Gasteiger partial charge in [-0.2, -0.15) is 0 Å². The lowest BCUT2D eigenvalue weighted by Gasteiger charge is -2.18. The number of hydrogen-bond acceptors (Lipinski definition) is 4. The van der Waals surface area contributed by atoms with Gasteiger partial charge in [-0.25, -0.2) is 4.79 Å². The Morgan fingerprint density at radius 2 is 1.63 bits per heavy atom. The third-order valence-corrected chi connectivity index (χ3v) is 4.17. The smallest absolute Gasteiger partial charge is 0.396 e. The number of esters is 1. The second kappa shape index (κ2) is 6.06. The zero-order valence-electron chi connectivity index (χ0n) is 11.5. The highest BCUT2D eigenvalue weighted by atomic mass is 79.9. The van der Waals surface area contributed by atoms with Gasteiger partial charge in [0.15, 0.2) is 0 Å². The zero-order valence-corrected chi connectivity index (χ0v) is 13.1. The van der Waals surface area contributed by atoms with Crippen LogP contribution in [-0.4, -0.2) is 26.1 Å². The number of halogens is 1. The average Bonchev–Trinajstić information content (AvgIpc) is 2.41. The van der Waals surface area contributed by atoms with Crippen molar-refractivity contribution in [2.75, 3.05) is 19.5 Å². The number of nitrogens with one attached hydrogen (secondary N) is 1. The monoisotopic (exact) mass is 329 g/mol. The van der Waals surface area contributed by atoms with E-state index < -0.39 is 11.9 Å². The first-order valence-electron chi connectivity index (χ1n) is 5.57. The molecule has 1 aromatic carbocycles. The largest absolute Gasteiger partial charge is 0.494 e. The molecular formula is C13H16BrNO4. The molecule has 0 bridgehead atoms. The van der Waals surface area contributed by atoms with Crippen LogP contribution in [0.1, 0.15) is 16.7 Å². The molecule has 0 aromatic heterocycles. The first kappa shape index (κ1) is 15.5. The summed E-state index contributed by atoms with van der Waals surface area (Å²) in [6.45, 7) is 5.65. The van der Waals surface area contributed by atoms with Crippen molar-refractivity contribution < 1.29 is 19.1 Å². The van der Waals surface area contributed by atoms with Gasteiger partial charge in [-0.15, -0.1) is 0 Å². The number of anilines is 1. The summed E-state index contributed by atoms with van der Waals surface area (Å²) in [5, 5.41) is 2.52. The van der Waals surface area contributed by atoms with E-state index in [0.29, 0.717) is 11.4 Å². The number of carbonyl (C=O) groups excluding carboxylic acids is 2. The van der Waals surface area contributed by atoms with Crippen molar-refractivity contribution in [3.63, 3.8) is 0 Å². The maximum Gasteiger partial charge on any atom is 0.396 e. The van der Waals surface area contributed by atoms with Crippen LogP contribution in [0.5, 0.6) is 5.75 Å². The number of ether oxygens (including phenoxy) is 2. The summed E-state index contributed by atoms with van der Waals surface area (Å²) in [5.74, 6) is -1.25. The van der Waals surface area contributed by atoms with Gasteiger partial charge in [0.1, 0.15) is 5.75 Å². The van der Waals surface area contributed by atoms with E-state index in [9.17, 15) is 9.59 Å². The first-order valence-corrected chi connectivity index (χ1v) is 6.36. The van der Waals surface area contributed by atoms with E-state index in [1.807, 2.05) is 20.8 Å². The van der Waals surface area contributed by atoms with Gasteiger partial charge in [0.05, 0.1) is 19.9 Å². The molecule has 0 aliphatic rings. The molecule has 0 radical (unpaired) electrons. The minimum atomic E-state index is -0.948. The molecule has 0 saturated heterocycles. The topological polar surface area (TPSA) is 64.6 Å². The predicted octanol–water partition coefficient (Wildman–Crippen LogP) is 2.49. The molecule has 0 unspecified atom stereocenters. The third kappa shape index (κ3) is 2.89. The Balaban J connectivity index is 3.34. The quantitative estimate of drug-likeness (QED) is 0.668. The van der Waals surface area contributed by atoms with E-state index in [1.54, 1.807) is 0 Å². The van der Waals surface area contributed by atoms with E-state index in [0.717, 1.165) is 28.3 Å². The molecular weight excluding hydrogens is 314 g/mol. The molecule has 19 heavy (non-hydrogen) atoms. The highest BCUT2D eigenvalue weighted by Gasteiger charge is 2.21. The second-order valence-electron chi connectivity index (χ2n) is 4.04. The highest BCUT2D eigenvalue weighted by molar-refractivity contribution is 9.10. The van der Waals surface area contributed by atoms with Crippen LogP contribution in [0.3, 0.4) is 0 Å². The minimum Gasteiger partial charge on any atom is -0.494 e. The number of rotatable bonds is 2. The summed E-state index contributed by atoms with van der Waals surface area (Å²) < 4.78 is 10.6. The first-order chi connectivity index (χ1) is 8.84. The molecule has 0 heterocycles. The van der Waals surface area contributed by atoms with E-state index in [4.69, 9.17) is 4.74 Å². The van der Waals surface area contributed by atoms with Gasteiger partial charge in [0.2, 0.25) is 0 Å². The lowest BCUT2D eigenvalue weighted by molar-refractivity contribution is -0.150. The molecule has 0 aliphatic heterocycles. The maximum absolute atomic E-state index is 11.6. The summed E-state index contributed by atoms with van der Waals surface area (Å²) in [6.07, 6.45) is 0. The number of methoxy groups -OCH3 is 2. The van der Waals surface area contributed by atoms with Crippen LogP contribution < -0.4 is 10.1 Å². The molecule has 0 atom stereocenters. The Bertz CT molecular complexity index is 540. The van der Waals surface area contributed by atoms with Gasteiger partial charge in [-0.3, -0.25) is 4.79 Å². The molecule has 0 aliphatic carbocycles. The van der Waals surface area contributed by atoms with Gasteiger partial charge < -0.3 is 14.8 Å². The van der Waals surface area contributed by atoms with Crippen molar-refractivity contribution in [2.45, 2.75) is 20.8 Å². The SMILES string of the molecule is COC(=O)C(=O)Nc1c(C)c(Br)c(C)c(C)c1OC. The van der Waals surface area contributed by atoms with Crippen LogP contribution in [0.25, 0.3) is 0 Å². The van der Waals surface area contributed by atoms with Crippen molar-refractivity contribution in [3.05, 3.63) is 21.2 Å². The summed E-state index contributed by atoms with van der Waals surface area (Å²) in [6, 6.07) is 0. The maximum atomic E-state index is 11.6. The Hall–Kier alpha value is -1.56. The average molecular weight is 330 g/mol. The number of benzene rings is 1. The number of carbonyl (C=O) groups is 2. The number of hydrogen-bond donors (Lipinski definition) is 1. The Labute approximate surface area is 120 Å². The molecule has 0 saturated carbocycles. The highest BCUT2D eigenvalue weighted by Crippen LogP contribution is 2.39. The molecule has 0 spiro atoms. The van der Waals surface area contributed by atoms with Crippen LogP contribution in [0.2, 0.25) is 0 Å². The van der Waals surface area contributed by atoms with Crippen molar-refractivity contribution in [3.8, 4) is 5.75 Å². The summed E-state index contributed by atoms with van der Waals surface area (Å²) in [4.78, 5) is 22.8. The van der Waals surface area contributed by atoms with Crippen molar-refractivity contribution in [1.82, 2.24) is 0 Å². The molecule has 0 fully saturated rings. The van der Waals surface area contributed by atoms with Gasteiger partial charge in [0.25, 0.3) is 0 Å². The summed E-state index contributed by atoms with van der Waals surface area (Å²) in [5.41, 5.74) is 3.16. The molecule has 1 aromatic rings. The summed E-state index contributed by atoms with van der Waals surface area (Å²) >= 11 is 3.47. The van der Waals surface area contributed by atoms with Crippen LogP contribution >= 0.6 is 15.9 Å². The molecule has 1 N–H and O–H groups in total. The molecule has 1 rings (SSSR count). The van der Waals surface area contributed by atoms with Gasteiger partial charge in [-0.1, -0.05) is 15.9 Å². The molecule has 104 valence electrons. The molecule has 1 amide bonds. The lowest BCUT2D eigenvalue weighted by Crippen LogP contribution is -2.24. The lowest BCUT2D eigenvalue weighted by atomic mass is 10.0.